The second-order valence-corrected chi connectivity index (χ2v) is 5.28. The van der Waals surface area contributed by atoms with Gasteiger partial charge in [-0.2, -0.15) is 0 Å². The molecular formula is C14H15BrN4O. The fraction of sp³-hybridized carbons (Fsp3) is 0.143. The lowest BCUT2D eigenvalue weighted by Gasteiger charge is -2.21. The number of hydrogen-bond acceptors (Lipinski definition) is 4. The summed E-state index contributed by atoms with van der Waals surface area (Å²) in [6.07, 6.45) is 3.31. The van der Waals surface area contributed by atoms with Crippen molar-refractivity contribution in [2.75, 3.05) is 11.9 Å². The predicted molar refractivity (Wildman–Crippen MR) is 83.0 cm³/mol. The molecule has 1 aromatic carbocycles. The molecule has 2 aromatic rings. The molecule has 0 unspecified atom stereocenters. The lowest BCUT2D eigenvalue weighted by molar-refractivity contribution is 0.318. The Morgan fingerprint density at radius 1 is 1.45 bits per heavy atom. The van der Waals surface area contributed by atoms with Crippen LogP contribution in [0.3, 0.4) is 0 Å². The average molecular weight is 335 g/mol. The van der Waals surface area contributed by atoms with E-state index in [1.165, 1.54) is 0 Å². The average Bonchev–Trinajstić information content (AvgIpc) is 2.46. The number of halogens is 1. The molecule has 0 spiro atoms. The Morgan fingerprint density at radius 2 is 2.25 bits per heavy atom. The monoisotopic (exact) mass is 334 g/mol. The van der Waals surface area contributed by atoms with E-state index in [9.17, 15) is 0 Å². The second kappa shape index (κ2) is 6.38. The number of aromatic nitrogens is 1. The van der Waals surface area contributed by atoms with E-state index in [4.69, 9.17) is 10.9 Å². The number of nitrogens with zero attached hydrogens (tertiary/aromatic N) is 3. The van der Waals surface area contributed by atoms with Crippen LogP contribution in [-0.4, -0.2) is 23.1 Å². The molecule has 0 radical (unpaired) electrons. The van der Waals surface area contributed by atoms with Crippen molar-refractivity contribution in [1.29, 1.82) is 0 Å². The maximum Gasteiger partial charge on any atom is 0.172 e. The molecule has 0 fully saturated rings. The number of benzene rings is 1. The van der Waals surface area contributed by atoms with Crippen molar-refractivity contribution >= 4 is 27.5 Å². The largest absolute Gasteiger partial charge is 0.409 e. The Hall–Kier alpha value is -2.08. The van der Waals surface area contributed by atoms with Crippen molar-refractivity contribution in [3.8, 4) is 0 Å². The normalized spacial score (nSPS) is 11.4. The minimum atomic E-state index is 0.0727. The number of oxime groups is 1. The van der Waals surface area contributed by atoms with Crippen LogP contribution in [0.4, 0.5) is 5.69 Å². The molecule has 0 atom stereocenters. The number of amidine groups is 1. The summed E-state index contributed by atoms with van der Waals surface area (Å²) >= 11 is 3.45. The van der Waals surface area contributed by atoms with E-state index in [0.29, 0.717) is 12.1 Å². The van der Waals surface area contributed by atoms with Crippen molar-refractivity contribution in [3.05, 3.63) is 58.3 Å². The van der Waals surface area contributed by atoms with Crippen LogP contribution >= 0.6 is 15.9 Å². The van der Waals surface area contributed by atoms with E-state index in [0.717, 1.165) is 15.7 Å². The van der Waals surface area contributed by atoms with Crippen molar-refractivity contribution in [2.45, 2.75) is 6.54 Å². The fourth-order valence-corrected chi connectivity index (χ4v) is 2.40. The molecule has 3 N–H and O–H groups in total. The molecule has 0 amide bonds. The Morgan fingerprint density at radius 3 is 2.95 bits per heavy atom. The minimum Gasteiger partial charge on any atom is -0.409 e. The zero-order chi connectivity index (χ0) is 14.5. The van der Waals surface area contributed by atoms with Gasteiger partial charge in [-0.3, -0.25) is 4.98 Å². The molecule has 5 nitrogen and oxygen atoms in total. The molecule has 1 heterocycles. The summed E-state index contributed by atoms with van der Waals surface area (Å²) in [5.41, 5.74) is 8.30. The molecule has 1 aromatic heterocycles. The van der Waals surface area contributed by atoms with Crippen LogP contribution in [0.15, 0.2) is 52.4 Å². The number of anilines is 1. The first-order valence-electron chi connectivity index (χ1n) is 5.99. The van der Waals surface area contributed by atoms with Gasteiger partial charge in [-0.1, -0.05) is 33.2 Å². The lowest BCUT2D eigenvalue weighted by atomic mass is 10.1. The molecule has 104 valence electrons. The van der Waals surface area contributed by atoms with Gasteiger partial charge in [0.15, 0.2) is 5.84 Å². The van der Waals surface area contributed by atoms with Gasteiger partial charge in [-0.25, -0.2) is 0 Å². The predicted octanol–water partition coefficient (Wildman–Crippen LogP) is 2.57. The maximum atomic E-state index is 8.84. The third kappa shape index (κ3) is 3.27. The number of nitrogens with two attached hydrogens (primary N) is 1. The summed E-state index contributed by atoms with van der Waals surface area (Å²) in [5.74, 6) is 0.0727. The van der Waals surface area contributed by atoms with Crippen LogP contribution in [0.25, 0.3) is 0 Å². The van der Waals surface area contributed by atoms with Gasteiger partial charge in [0.1, 0.15) is 0 Å². The zero-order valence-electron chi connectivity index (χ0n) is 11.0. The van der Waals surface area contributed by atoms with E-state index >= 15 is 0 Å². The number of hydrogen-bond donors (Lipinski definition) is 2. The molecule has 20 heavy (non-hydrogen) atoms. The van der Waals surface area contributed by atoms with Crippen LogP contribution in [0, 0.1) is 0 Å². The highest BCUT2D eigenvalue weighted by atomic mass is 79.9. The van der Waals surface area contributed by atoms with Crippen LogP contribution in [0.1, 0.15) is 11.1 Å². The fourth-order valence-electron chi connectivity index (χ4n) is 1.96. The minimum absolute atomic E-state index is 0.0727. The molecule has 2 rings (SSSR count). The molecule has 6 heteroatoms. The topological polar surface area (TPSA) is 74.7 Å². The lowest BCUT2D eigenvalue weighted by Crippen LogP contribution is -2.22. The summed E-state index contributed by atoms with van der Waals surface area (Å²) in [7, 11) is 1.94. The van der Waals surface area contributed by atoms with Gasteiger partial charge in [0, 0.05) is 29.8 Å². The molecule has 0 saturated carbocycles. The van der Waals surface area contributed by atoms with Gasteiger partial charge in [0.2, 0.25) is 0 Å². The van der Waals surface area contributed by atoms with Gasteiger partial charge >= 0.3 is 0 Å². The molecule has 0 aliphatic rings. The molecule has 0 bridgehead atoms. The molecule has 0 saturated heterocycles. The quantitative estimate of drug-likeness (QED) is 0.390. The van der Waals surface area contributed by atoms with Crippen LogP contribution in [-0.2, 0) is 6.54 Å². The van der Waals surface area contributed by atoms with Crippen molar-refractivity contribution < 1.29 is 5.21 Å². The Bertz CT molecular complexity index is 630. The Kier molecular flexibility index (Phi) is 4.57. The SMILES string of the molecule is CN(Cc1cccc(Br)c1)c1cnccc1/C(N)=N/O. The summed E-state index contributed by atoms with van der Waals surface area (Å²) in [6, 6.07) is 9.79. The standard InChI is InChI=1S/C14H15BrN4O/c1-19(9-10-3-2-4-11(15)7-10)13-8-17-6-5-12(13)14(16)18-20/h2-8,20H,9H2,1H3,(H2,16,18). The van der Waals surface area contributed by atoms with E-state index in [2.05, 4.69) is 32.1 Å². The summed E-state index contributed by atoms with van der Waals surface area (Å²) < 4.78 is 1.03. The van der Waals surface area contributed by atoms with E-state index in [1.807, 2.05) is 30.1 Å². The molecular weight excluding hydrogens is 320 g/mol. The smallest absolute Gasteiger partial charge is 0.172 e. The zero-order valence-corrected chi connectivity index (χ0v) is 12.6. The second-order valence-electron chi connectivity index (χ2n) is 4.36. The molecule has 0 aliphatic carbocycles. The number of rotatable bonds is 4. The highest BCUT2D eigenvalue weighted by Gasteiger charge is 2.11. The highest BCUT2D eigenvalue weighted by Crippen LogP contribution is 2.21. The molecule has 0 aliphatic heterocycles. The number of pyridine rings is 1. The Balaban J connectivity index is 2.28. The van der Waals surface area contributed by atoms with Gasteiger partial charge < -0.3 is 15.8 Å². The van der Waals surface area contributed by atoms with E-state index < -0.39 is 0 Å². The maximum absolute atomic E-state index is 8.84. The van der Waals surface area contributed by atoms with Gasteiger partial charge in [-0.05, 0) is 23.8 Å². The van der Waals surface area contributed by atoms with E-state index in [1.54, 1.807) is 18.5 Å². The Labute approximate surface area is 125 Å². The first-order chi connectivity index (χ1) is 9.61. The third-order valence-electron chi connectivity index (χ3n) is 2.90. The van der Waals surface area contributed by atoms with Gasteiger partial charge in [0.25, 0.3) is 0 Å². The summed E-state index contributed by atoms with van der Waals surface area (Å²) in [6.45, 7) is 0.691. The van der Waals surface area contributed by atoms with Crippen LogP contribution in [0.2, 0.25) is 0 Å². The van der Waals surface area contributed by atoms with Crippen molar-refractivity contribution in [3.63, 3.8) is 0 Å². The van der Waals surface area contributed by atoms with E-state index in [-0.39, 0.29) is 5.84 Å². The third-order valence-corrected chi connectivity index (χ3v) is 3.40. The summed E-state index contributed by atoms with van der Waals surface area (Å²) in [5, 5.41) is 11.9. The van der Waals surface area contributed by atoms with Gasteiger partial charge in [0.05, 0.1) is 11.9 Å². The first kappa shape index (κ1) is 14.3. The summed E-state index contributed by atoms with van der Waals surface area (Å²) in [4.78, 5) is 6.10. The first-order valence-corrected chi connectivity index (χ1v) is 6.78. The van der Waals surface area contributed by atoms with Crippen molar-refractivity contribution in [1.82, 2.24) is 4.98 Å². The van der Waals surface area contributed by atoms with Crippen molar-refractivity contribution in [2.24, 2.45) is 10.9 Å². The van der Waals surface area contributed by atoms with Gasteiger partial charge in [-0.15, -0.1) is 0 Å². The van der Waals surface area contributed by atoms with Crippen LogP contribution < -0.4 is 10.6 Å². The van der Waals surface area contributed by atoms with Crippen LogP contribution in [0.5, 0.6) is 0 Å². The highest BCUT2D eigenvalue weighted by molar-refractivity contribution is 9.10.